The summed E-state index contributed by atoms with van der Waals surface area (Å²) in [5.41, 5.74) is 2.44. The van der Waals surface area contributed by atoms with Crippen LogP contribution in [-0.2, 0) is 27.7 Å². The van der Waals surface area contributed by atoms with Gasteiger partial charge in [-0.05, 0) is 36.5 Å². The van der Waals surface area contributed by atoms with E-state index < -0.39 is 26.9 Å². The lowest BCUT2D eigenvalue weighted by Gasteiger charge is -2.30. The Kier molecular flexibility index (Phi) is 7.55. The fourth-order valence-electron chi connectivity index (χ4n) is 3.41. The Labute approximate surface area is 177 Å². The van der Waals surface area contributed by atoms with Crippen LogP contribution in [0.25, 0.3) is 0 Å². The van der Waals surface area contributed by atoms with Crippen LogP contribution in [0, 0.1) is 10.1 Å². The van der Waals surface area contributed by atoms with E-state index in [4.69, 9.17) is 0 Å². The van der Waals surface area contributed by atoms with Gasteiger partial charge in [-0.3, -0.25) is 19.2 Å². The van der Waals surface area contributed by atoms with E-state index in [0.717, 1.165) is 27.8 Å². The van der Waals surface area contributed by atoms with Crippen LogP contribution in [-0.4, -0.2) is 31.5 Å². The number of aryl methyl sites for hydroxylation is 2. The van der Waals surface area contributed by atoms with E-state index in [0.29, 0.717) is 18.5 Å². The maximum Gasteiger partial charge on any atom is 0.271 e. The Morgan fingerprint density at radius 3 is 2.13 bits per heavy atom. The van der Waals surface area contributed by atoms with Gasteiger partial charge in [-0.2, -0.15) is 0 Å². The van der Waals surface area contributed by atoms with E-state index in [1.54, 1.807) is 6.92 Å². The van der Waals surface area contributed by atoms with Gasteiger partial charge in [0.15, 0.2) is 0 Å². The smallest absolute Gasteiger partial charge is 0.271 e. The summed E-state index contributed by atoms with van der Waals surface area (Å²) in [5.74, 6) is -0.481. The van der Waals surface area contributed by atoms with Crippen molar-refractivity contribution in [2.75, 3.05) is 15.9 Å². The van der Waals surface area contributed by atoms with E-state index in [1.165, 1.54) is 18.2 Å². The first-order valence-electron chi connectivity index (χ1n) is 9.79. The highest BCUT2D eigenvalue weighted by Crippen LogP contribution is 2.28. The third-order valence-electron chi connectivity index (χ3n) is 4.87. The third-order valence-corrected chi connectivity index (χ3v) is 6.05. The number of carbonyl (C=O) groups excluding carboxylic acids is 1. The average molecular weight is 434 g/mol. The number of nitro benzene ring substituents is 1. The molecule has 0 saturated heterocycles. The molecule has 0 fully saturated rings. The van der Waals surface area contributed by atoms with Crippen LogP contribution in [0.1, 0.15) is 38.3 Å². The van der Waals surface area contributed by atoms with Crippen molar-refractivity contribution in [3.8, 4) is 0 Å². The summed E-state index contributed by atoms with van der Waals surface area (Å²) in [4.78, 5) is 23.7. The second kappa shape index (κ2) is 9.71. The number of nitrogens with zero attached hydrogens (tertiary/aromatic N) is 2. The Balaban J connectivity index is 2.50. The molecule has 1 atom stereocenters. The molecular weight excluding hydrogens is 406 g/mol. The number of anilines is 2. The van der Waals surface area contributed by atoms with E-state index >= 15 is 0 Å². The number of rotatable bonds is 9. The summed E-state index contributed by atoms with van der Waals surface area (Å²) < 4.78 is 26.1. The first-order valence-corrected chi connectivity index (χ1v) is 11.6. The first-order chi connectivity index (χ1) is 14.1. The maximum absolute atomic E-state index is 13.2. The van der Waals surface area contributed by atoms with Crippen LogP contribution >= 0.6 is 0 Å². The molecule has 162 valence electrons. The number of carbonyl (C=O) groups is 1. The zero-order chi connectivity index (χ0) is 22.5. The zero-order valence-corrected chi connectivity index (χ0v) is 18.4. The van der Waals surface area contributed by atoms with Crippen molar-refractivity contribution >= 4 is 33.0 Å². The molecule has 0 aliphatic carbocycles. The Bertz CT molecular complexity index is 1010. The summed E-state index contributed by atoms with van der Waals surface area (Å²) in [6.07, 6.45) is 2.60. The minimum absolute atomic E-state index is 0.0770. The SMILES string of the molecule is CCc1cccc(CC)c1NC(=O)[C@H](CC)N(c1cccc([N+](=O)[O-])c1)S(C)(=O)=O. The molecule has 1 N–H and O–H groups in total. The largest absolute Gasteiger partial charge is 0.324 e. The van der Waals surface area contributed by atoms with Gasteiger partial charge in [0.2, 0.25) is 15.9 Å². The van der Waals surface area contributed by atoms with Gasteiger partial charge < -0.3 is 5.32 Å². The summed E-state index contributed by atoms with van der Waals surface area (Å²) in [7, 11) is -3.89. The average Bonchev–Trinajstić information content (AvgIpc) is 2.70. The molecule has 0 aliphatic heterocycles. The van der Waals surface area contributed by atoms with Crippen molar-refractivity contribution in [2.24, 2.45) is 0 Å². The molecule has 2 rings (SSSR count). The molecule has 0 aliphatic rings. The number of amides is 1. The van der Waals surface area contributed by atoms with Crippen molar-refractivity contribution in [2.45, 2.75) is 46.1 Å². The molecule has 0 spiro atoms. The lowest BCUT2D eigenvalue weighted by atomic mass is 10.0. The number of para-hydroxylation sites is 1. The predicted octanol–water partition coefficient (Wildman–Crippen LogP) is 3.90. The number of nitrogens with one attached hydrogen (secondary N) is 1. The van der Waals surface area contributed by atoms with Gasteiger partial charge in [0.25, 0.3) is 5.69 Å². The van der Waals surface area contributed by atoms with Crippen LogP contribution in [0.15, 0.2) is 42.5 Å². The fourth-order valence-corrected chi connectivity index (χ4v) is 4.62. The number of nitro groups is 1. The number of hydrogen-bond donors (Lipinski definition) is 1. The predicted molar refractivity (Wildman–Crippen MR) is 118 cm³/mol. The van der Waals surface area contributed by atoms with E-state index in [2.05, 4.69) is 5.32 Å². The van der Waals surface area contributed by atoms with Gasteiger partial charge >= 0.3 is 0 Å². The molecule has 0 heterocycles. The second-order valence-corrected chi connectivity index (χ2v) is 8.77. The second-order valence-electron chi connectivity index (χ2n) is 6.91. The normalized spacial score (nSPS) is 12.3. The molecule has 0 unspecified atom stereocenters. The topological polar surface area (TPSA) is 110 Å². The standard InChI is InChI=1S/C21H27N3O5S/c1-5-15-10-8-11-16(6-2)20(15)22-21(25)19(7-3)23(30(4,28)29)17-12-9-13-18(14-17)24(26)27/h8-14,19H,5-7H2,1-4H3,(H,22,25)/t19-/m0/s1. The van der Waals surface area contributed by atoms with Crippen molar-refractivity contribution < 1.29 is 18.1 Å². The molecule has 8 nitrogen and oxygen atoms in total. The highest BCUT2D eigenvalue weighted by molar-refractivity contribution is 7.92. The molecule has 2 aromatic carbocycles. The number of non-ortho nitro benzene ring substituents is 1. The maximum atomic E-state index is 13.2. The van der Waals surface area contributed by atoms with Gasteiger partial charge in [-0.1, -0.05) is 45.0 Å². The zero-order valence-electron chi connectivity index (χ0n) is 17.6. The van der Waals surface area contributed by atoms with Gasteiger partial charge in [0.1, 0.15) is 6.04 Å². The van der Waals surface area contributed by atoms with Crippen molar-refractivity contribution in [1.82, 2.24) is 0 Å². The van der Waals surface area contributed by atoms with Crippen molar-refractivity contribution in [3.05, 3.63) is 63.7 Å². The van der Waals surface area contributed by atoms with Gasteiger partial charge in [0, 0.05) is 17.8 Å². The van der Waals surface area contributed by atoms with Gasteiger partial charge in [-0.25, -0.2) is 8.42 Å². The van der Waals surface area contributed by atoms with Crippen LogP contribution in [0.2, 0.25) is 0 Å². The van der Waals surface area contributed by atoms with Crippen LogP contribution in [0.5, 0.6) is 0 Å². The van der Waals surface area contributed by atoms with E-state index in [-0.39, 0.29) is 17.8 Å². The minimum atomic E-state index is -3.89. The van der Waals surface area contributed by atoms with Crippen LogP contribution in [0.3, 0.4) is 0 Å². The highest BCUT2D eigenvalue weighted by Gasteiger charge is 2.32. The molecule has 30 heavy (non-hydrogen) atoms. The molecule has 0 bridgehead atoms. The molecule has 2 aromatic rings. The van der Waals surface area contributed by atoms with Gasteiger partial charge in [-0.15, -0.1) is 0 Å². The Hall–Kier alpha value is -2.94. The monoisotopic (exact) mass is 433 g/mol. The lowest BCUT2D eigenvalue weighted by molar-refractivity contribution is -0.384. The summed E-state index contributed by atoms with van der Waals surface area (Å²) in [6, 6.07) is 9.99. The lowest BCUT2D eigenvalue weighted by Crippen LogP contribution is -2.47. The van der Waals surface area contributed by atoms with Crippen LogP contribution in [0.4, 0.5) is 17.1 Å². The summed E-state index contributed by atoms with van der Waals surface area (Å²) in [6.45, 7) is 5.66. The quantitative estimate of drug-likeness (QED) is 0.476. The van der Waals surface area contributed by atoms with Crippen molar-refractivity contribution in [1.29, 1.82) is 0 Å². The number of hydrogen-bond acceptors (Lipinski definition) is 5. The number of benzene rings is 2. The molecular formula is C21H27N3O5S. The molecule has 0 radical (unpaired) electrons. The van der Waals surface area contributed by atoms with E-state index in [1.807, 2.05) is 32.0 Å². The minimum Gasteiger partial charge on any atom is -0.324 e. The first kappa shape index (κ1) is 23.3. The fraction of sp³-hybridized carbons (Fsp3) is 0.381. The molecule has 0 saturated carbocycles. The van der Waals surface area contributed by atoms with Crippen LogP contribution < -0.4 is 9.62 Å². The Morgan fingerprint density at radius 1 is 1.10 bits per heavy atom. The highest BCUT2D eigenvalue weighted by atomic mass is 32.2. The third kappa shape index (κ3) is 5.15. The van der Waals surface area contributed by atoms with Gasteiger partial charge in [0.05, 0.1) is 16.9 Å². The number of sulfonamides is 1. The summed E-state index contributed by atoms with van der Waals surface area (Å²) >= 11 is 0. The molecule has 0 aromatic heterocycles. The van der Waals surface area contributed by atoms with Crippen molar-refractivity contribution in [3.63, 3.8) is 0 Å². The molecule has 1 amide bonds. The van der Waals surface area contributed by atoms with E-state index in [9.17, 15) is 23.3 Å². The Morgan fingerprint density at radius 2 is 1.67 bits per heavy atom. The summed E-state index contributed by atoms with van der Waals surface area (Å²) in [5, 5.41) is 14.1. The molecule has 9 heteroatoms.